The van der Waals surface area contributed by atoms with Crippen LogP contribution in [-0.2, 0) is 0 Å². The SMILES string of the molecule is CCCCCCOc1ccc(C(=O)CC(=O)c2cccc(C(=O)CC(=O)c3ccc(OCCCCCC)cc3)c2)cc1. The lowest BCUT2D eigenvalue weighted by Gasteiger charge is -2.08. The Morgan fingerprint density at radius 3 is 1.24 bits per heavy atom. The van der Waals surface area contributed by atoms with Gasteiger partial charge in [-0.2, -0.15) is 0 Å². The van der Waals surface area contributed by atoms with Gasteiger partial charge in [0.25, 0.3) is 0 Å². The number of rotatable bonds is 20. The molecule has 0 heterocycles. The van der Waals surface area contributed by atoms with Gasteiger partial charge >= 0.3 is 0 Å². The van der Waals surface area contributed by atoms with Crippen LogP contribution in [0.25, 0.3) is 0 Å². The number of carbonyl (C=O) groups is 4. The summed E-state index contributed by atoms with van der Waals surface area (Å²) in [6.45, 7) is 5.59. The Morgan fingerprint density at radius 2 is 0.857 bits per heavy atom. The molecule has 0 atom stereocenters. The Labute approximate surface area is 249 Å². The lowest BCUT2D eigenvalue weighted by atomic mass is 9.97. The van der Waals surface area contributed by atoms with E-state index in [0.29, 0.717) is 35.8 Å². The van der Waals surface area contributed by atoms with E-state index in [4.69, 9.17) is 9.47 Å². The van der Waals surface area contributed by atoms with Crippen LogP contribution in [0.2, 0.25) is 0 Å². The molecule has 6 nitrogen and oxygen atoms in total. The second-order valence-corrected chi connectivity index (χ2v) is 10.5. The summed E-state index contributed by atoms with van der Waals surface area (Å²) in [7, 11) is 0. The summed E-state index contributed by atoms with van der Waals surface area (Å²) < 4.78 is 11.4. The molecule has 3 rings (SSSR count). The molecule has 6 heteroatoms. The van der Waals surface area contributed by atoms with Gasteiger partial charge < -0.3 is 9.47 Å². The third-order valence-electron chi connectivity index (χ3n) is 7.03. The summed E-state index contributed by atoms with van der Waals surface area (Å²) in [6.07, 6.45) is 8.29. The fourth-order valence-electron chi connectivity index (χ4n) is 4.48. The van der Waals surface area contributed by atoms with Crippen molar-refractivity contribution < 1.29 is 28.7 Å². The molecule has 0 saturated carbocycles. The van der Waals surface area contributed by atoms with E-state index in [-0.39, 0.29) is 47.1 Å². The summed E-state index contributed by atoms with van der Waals surface area (Å²) in [5.41, 5.74) is 1.36. The van der Waals surface area contributed by atoms with Gasteiger partial charge in [-0.25, -0.2) is 0 Å². The highest BCUT2D eigenvalue weighted by Crippen LogP contribution is 2.18. The molecular formula is C36H42O6. The number of hydrogen-bond donors (Lipinski definition) is 0. The zero-order valence-electron chi connectivity index (χ0n) is 24.9. The van der Waals surface area contributed by atoms with Gasteiger partial charge in [0.15, 0.2) is 23.1 Å². The molecule has 0 unspecified atom stereocenters. The molecular weight excluding hydrogens is 528 g/mol. The van der Waals surface area contributed by atoms with E-state index in [1.807, 2.05) is 0 Å². The van der Waals surface area contributed by atoms with Crippen molar-refractivity contribution in [1.29, 1.82) is 0 Å². The summed E-state index contributed by atoms with van der Waals surface area (Å²) in [4.78, 5) is 51.2. The predicted octanol–water partition coefficient (Wildman–Crippen LogP) is 8.52. The first kappa shape index (κ1) is 32.5. The van der Waals surface area contributed by atoms with Crippen LogP contribution in [0.4, 0.5) is 0 Å². The zero-order valence-corrected chi connectivity index (χ0v) is 24.9. The maximum Gasteiger partial charge on any atom is 0.170 e. The molecule has 0 spiro atoms. The van der Waals surface area contributed by atoms with E-state index in [0.717, 1.165) is 25.7 Å². The minimum Gasteiger partial charge on any atom is -0.494 e. The van der Waals surface area contributed by atoms with Gasteiger partial charge in [-0.1, -0.05) is 70.6 Å². The van der Waals surface area contributed by atoms with Crippen LogP contribution in [0.3, 0.4) is 0 Å². The van der Waals surface area contributed by atoms with Crippen molar-refractivity contribution in [3.63, 3.8) is 0 Å². The van der Waals surface area contributed by atoms with E-state index in [1.54, 1.807) is 66.7 Å². The molecule has 0 saturated heterocycles. The van der Waals surface area contributed by atoms with Crippen LogP contribution < -0.4 is 9.47 Å². The van der Waals surface area contributed by atoms with Crippen LogP contribution >= 0.6 is 0 Å². The van der Waals surface area contributed by atoms with Gasteiger partial charge in [0.2, 0.25) is 0 Å². The highest BCUT2D eigenvalue weighted by molar-refractivity contribution is 6.16. The monoisotopic (exact) mass is 570 g/mol. The number of ether oxygens (including phenoxy) is 2. The van der Waals surface area contributed by atoms with Crippen LogP contribution in [0, 0.1) is 0 Å². The third kappa shape index (κ3) is 10.7. The topological polar surface area (TPSA) is 86.7 Å². The van der Waals surface area contributed by atoms with Crippen molar-refractivity contribution in [2.45, 2.75) is 78.1 Å². The summed E-state index contributed by atoms with van der Waals surface area (Å²) in [5, 5.41) is 0. The number of hydrogen-bond acceptors (Lipinski definition) is 6. The lowest BCUT2D eigenvalue weighted by Crippen LogP contribution is -2.11. The van der Waals surface area contributed by atoms with Crippen LogP contribution in [-0.4, -0.2) is 36.3 Å². The molecule has 0 bridgehead atoms. The highest BCUT2D eigenvalue weighted by Gasteiger charge is 2.18. The van der Waals surface area contributed by atoms with Crippen molar-refractivity contribution in [3.05, 3.63) is 95.1 Å². The van der Waals surface area contributed by atoms with Crippen molar-refractivity contribution >= 4 is 23.1 Å². The molecule has 0 aliphatic carbocycles. The number of benzene rings is 3. The van der Waals surface area contributed by atoms with Crippen molar-refractivity contribution in [1.82, 2.24) is 0 Å². The molecule has 222 valence electrons. The van der Waals surface area contributed by atoms with Gasteiger partial charge in [0, 0.05) is 22.3 Å². The molecule has 0 aliphatic heterocycles. The summed E-state index contributed by atoms with van der Waals surface area (Å²) in [6, 6.07) is 19.8. The van der Waals surface area contributed by atoms with Crippen LogP contribution in [0.5, 0.6) is 11.5 Å². The quantitative estimate of drug-likeness (QED) is 0.0769. The summed E-state index contributed by atoms with van der Waals surface area (Å²) in [5.74, 6) is -0.0102. The molecule has 0 radical (unpaired) electrons. The smallest absolute Gasteiger partial charge is 0.170 e. The van der Waals surface area contributed by atoms with E-state index in [9.17, 15) is 19.2 Å². The summed E-state index contributed by atoms with van der Waals surface area (Å²) >= 11 is 0. The molecule has 0 aliphatic rings. The largest absolute Gasteiger partial charge is 0.494 e. The first-order valence-corrected chi connectivity index (χ1v) is 15.1. The first-order chi connectivity index (χ1) is 20.4. The predicted molar refractivity (Wildman–Crippen MR) is 165 cm³/mol. The van der Waals surface area contributed by atoms with Crippen molar-refractivity contribution in [3.8, 4) is 11.5 Å². The standard InChI is InChI=1S/C36H42O6/c1-3-5-7-9-22-41-31-18-14-27(15-19-31)33(37)25-35(39)29-12-11-13-30(24-29)36(40)26-34(38)28-16-20-32(21-17-28)42-23-10-8-6-4-2/h11-21,24H,3-10,22-23,25-26H2,1-2H3. The Bertz CT molecular complexity index is 1210. The first-order valence-electron chi connectivity index (χ1n) is 15.1. The van der Waals surface area contributed by atoms with E-state index in [2.05, 4.69) is 13.8 Å². The minimum atomic E-state index is -0.387. The Kier molecular flexibility index (Phi) is 13.7. The van der Waals surface area contributed by atoms with Crippen LogP contribution in [0.1, 0.15) is 119 Å². The van der Waals surface area contributed by atoms with Crippen molar-refractivity contribution in [2.24, 2.45) is 0 Å². The molecule has 0 fully saturated rings. The van der Waals surface area contributed by atoms with Gasteiger partial charge in [0.1, 0.15) is 11.5 Å². The van der Waals surface area contributed by atoms with Crippen LogP contribution in [0.15, 0.2) is 72.8 Å². The van der Waals surface area contributed by atoms with Crippen molar-refractivity contribution in [2.75, 3.05) is 13.2 Å². The van der Waals surface area contributed by atoms with Gasteiger partial charge in [-0.15, -0.1) is 0 Å². The average molecular weight is 571 g/mol. The molecule has 3 aromatic carbocycles. The second-order valence-electron chi connectivity index (χ2n) is 10.5. The molecule has 42 heavy (non-hydrogen) atoms. The van der Waals surface area contributed by atoms with Gasteiger partial charge in [-0.05, 0) is 67.4 Å². The second kappa shape index (κ2) is 17.7. The Hall–Kier alpha value is -4.06. The fraction of sp³-hybridized carbons (Fsp3) is 0.389. The number of carbonyl (C=O) groups excluding carboxylic acids is 4. The van der Waals surface area contributed by atoms with E-state index < -0.39 is 0 Å². The Morgan fingerprint density at radius 1 is 0.476 bits per heavy atom. The normalized spacial score (nSPS) is 10.7. The number of Topliss-reactive ketones (excluding diaryl/α,β-unsaturated/α-hetero) is 4. The number of unbranched alkanes of at least 4 members (excludes halogenated alkanes) is 6. The maximum atomic E-state index is 12.9. The molecule has 0 aromatic heterocycles. The van der Waals surface area contributed by atoms with E-state index >= 15 is 0 Å². The third-order valence-corrected chi connectivity index (χ3v) is 7.03. The Balaban J connectivity index is 1.50. The van der Waals surface area contributed by atoms with Gasteiger partial charge in [0.05, 0.1) is 26.1 Å². The van der Waals surface area contributed by atoms with E-state index in [1.165, 1.54) is 31.7 Å². The molecule has 3 aromatic rings. The highest BCUT2D eigenvalue weighted by atomic mass is 16.5. The fourth-order valence-corrected chi connectivity index (χ4v) is 4.48. The lowest BCUT2D eigenvalue weighted by molar-refractivity contribution is 0.0882. The van der Waals surface area contributed by atoms with Gasteiger partial charge in [-0.3, -0.25) is 19.2 Å². The minimum absolute atomic E-state index is 0.258. The average Bonchev–Trinajstić information content (AvgIpc) is 3.01. The number of ketones is 4. The molecule has 0 amide bonds. The molecule has 0 N–H and O–H groups in total. The zero-order chi connectivity index (χ0) is 30.2. The maximum absolute atomic E-state index is 12.9.